The highest BCUT2D eigenvalue weighted by molar-refractivity contribution is 8.44. The van der Waals surface area contributed by atoms with Gasteiger partial charge in [0.1, 0.15) is 54.6 Å². The van der Waals surface area contributed by atoms with Crippen molar-refractivity contribution in [2.24, 2.45) is 0 Å². The summed E-state index contributed by atoms with van der Waals surface area (Å²) < 4.78 is 67.0. The number of aromatic amines is 1. The molecule has 43 heavy (non-hydrogen) atoms. The third-order valence-corrected chi connectivity index (χ3v) is 9.33. The number of phosphoric acid groups is 1. The van der Waals surface area contributed by atoms with Gasteiger partial charge in [0, 0.05) is 12.8 Å². The molecule has 0 aromatic carbocycles. The molecule has 236 valence electrons. The van der Waals surface area contributed by atoms with Gasteiger partial charge in [-0.05, 0) is 0 Å². The van der Waals surface area contributed by atoms with Crippen molar-refractivity contribution < 1.29 is 46.4 Å². The summed E-state index contributed by atoms with van der Waals surface area (Å²) in [6.45, 7) is -4.91. The van der Waals surface area contributed by atoms with Crippen molar-refractivity contribution in [1.29, 1.82) is 0 Å². The van der Waals surface area contributed by atoms with Crippen molar-refractivity contribution in [3.63, 3.8) is 0 Å². The Labute approximate surface area is 247 Å². The van der Waals surface area contributed by atoms with Gasteiger partial charge in [-0.2, -0.15) is 0 Å². The first kappa shape index (κ1) is 30.4. The molecule has 2 aromatic heterocycles. The number of ether oxygens (including phenoxy) is 2. The van der Waals surface area contributed by atoms with E-state index in [0.717, 1.165) is 0 Å². The zero-order valence-corrected chi connectivity index (χ0v) is 24.7. The molecule has 7 N–H and O–H groups in total. The Bertz CT molecular complexity index is 1520. The zero-order chi connectivity index (χ0) is 30.5. The summed E-state index contributed by atoms with van der Waals surface area (Å²) in [4.78, 5) is 48.4. The molecular weight excluding hydrogens is 639 g/mol. The minimum Gasteiger partial charge on any atom is -0.382 e. The number of halogens is 1. The van der Waals surface area contributed by atoms with Gasteiger partial charge >= 0.3 is 14.6 Å². The molecule has 0 spiro atoms. The molecule has 6 heterocycles. The first-order valence-corrected chi connectivity index (χ1v) is 17.1. The smallest absolute Gasteiger partial charge is 0.382 e. The molecule has 0 radical (unpaired) electrons. The maximum atomic E-state index is 14.9. The van der Waals surface area contributed by atoms with E-state index < -0.39 is 64.8 Å². The quantitative estimate of drug-likeness (QED) is 0.133. The van der Waals surface area contributed by atoms with Crippen LogP contribution in [0.5, 0.6) is 0 Å². The molecule has 2 aromatic rings. The third-order valence-electron chi connectivity index (χ3n) is 7.20. The number of rotatable bonds is 10. The maximum absolute atomic E-state index is 14.9. The van der Waals surface area contributed by atoms with Gasteiger partial charge in [0.05, 0.1) is 32.9 Å². The van der Waals surface area contributed by atoms with E-state index in [0.29, 0.717) is 17.3 Å². The first-order valence-electron chi connectivity index (χ1n) is 12.9. The Balaban J connectivity index is 1.09. The Morgan fingerprint density at radius 3 is 2.42 bits per heavy atom. The van der Waals surface area contributed by atoms with Crippen LogP contribution >= 0.6 is 26.9 Å². The second kappa shape index (κ2) is 11.7. The molecule has 2 fully saturated rings. The van der Waals surface area contributed by atoms with Gasteiger partial charge in [-0.3, -0.25) is 18.4 Å². The normalized spacial score (nSPS) is 29.7. The van der Waals surface area contributed by atoms with Crippen LogP contribution in [0.2, 0.25) is 0 Å². The maximum Gasteiger partial charge on any atom is 0.469 e. The average molecular weight is 668 g/mol. The molecule has 4 aliphatic rings. The van der Waals surface area contributed by atoms with Gasteiger partial charge in [-0.25, -0.2) is 28.5 Å². The van der Waals surface area contributed by atoms with Crippen LogP contribution in [0.25, 0.3) is 0 Å². The number of alkyl halides is 1. The third kappa shape index (κ3) is 6.46. The zero-order valence-electron chi connectivity index (χ0n) is 22.1. The van der Waals surface area contributed by atoms with E-state index in [9.17, 15) is 28.1 Å². The lowest BCUT2D eigenvalue weighted by atomic mass is 10.2. The largest absolute Gasteiger partial charge is 0.469 e. The number of nitrogens with two attached hydrogens (primary N) is 1. The lowest BCUT2D eigenvalue weighted by molar-refractivity contribution is -0.0232. The van der Waals surface area contributed by atoms with Crippen LogP contribution in [0, 0.1) is 0 Å². The summed E-state index contributed by atoms with van der Waals surface area (Å²) in [6, 6.07) is 0. The van der Waals surface area contributed by atoms with Crippen molar-refractivity contribution in [2.45, 2.75) is 49.8 Å². The molecule has 23 heteroatoms. The average Bonchev–Trinajstić information content (AvgIpc) is 3.71. The minimum absolute atomic E-state index is 0.0371. The highest BCUT2D eigenvalue weighted by atomic mass is 32.7. The fraction of sp³-hybridized carbons (Fsp3) is 0.600. The summed E-state index contributed by atoms with van der Waals surface area (Å²) >= 11 is 4.04. The molecule has 0 aliphatic carbocycles. The standard InChI is InChI=1S/C20H28FN9O10P2S/c21-9-1-13(29-8-28-16-19(29)25-6-26-20(16)31)38-11(9)3-37-42(35,43)40-10-2-14(39-12(10)4-36-41(32,33)34)30-7-27-15-17(22)23-5-24-18(15)30/h5-6,9-14,27-28H,1-4,7-8H2,(H,35,43)(H2,22,23,24)(H,25,26,31)(H2,32,33,34)/t9?,10-,11+,12+,13?,14?,42?/m0/s1. The molecule has 0 saturated carbocycles. The van der Waals surface area contributed by atoms with Crippen molar-refractivity contribution in [3.8, 4) is 0 Å². The second-order valence-corrected chi connectivity index (χ2v) is 14.1. The van der Waals surface area contributed by atoms with E-state index in [1.165, 1.54) is 12.7 Å². The van der Waals surface area contributed by atoms with Crippen LogP contribution in [-0.2, 0) is 32.2 Å². The summed E-state index contributed by atoms with van der Waals surface area (Å²) in [5, 5.41) is 5.94. The number of nitrogen functional groups attached to an aromatic ring is 1. The Hall–Kier alpha value is -2.58. The number of anilines is 5. The minimum atomic E-state index is -4.88. The molecule has 19 nitrogen and oxygen atoms in total. The molecule has 0 amide bonds. The summed E-state index contributed by atoms with van der Waals surface area (Å²) in [6.07, 6.45) is -3.90. The topological polar surface area (TPSA) is 249 Å². The number of thiol groups is 1. The van der Waals surface area contributed by atoms with E-state index >= 15 is 0 Å². The fourth-order valence-corrected chi connectivity index (χ4v) is 7.09. The molecule has 4 unspecified atom stereocenters. The van der Waals surface area contributed by atoms with E-state index in [4.69, 9.17) is 24.3 Å². The van der Waals surface area contributed by atoms with Crippen LogP contribution in [0.3, 0.4) is 0 Å². The summed E-state index contributed by atoms with van der Waals surface area (Å²) in [5.41, 5.74) is 6.25. The van der Waals surface area contributed by atoms with E-state index in [2.05, 4.69) is 47.3 Å². The van der Waals surface area contributed by atoms with Crippen molar-refractivity contribution >= 4 is 55.7 Å². The van der Waals surface area contributed by atoms with Crippen molar-refractivity contribution in [1.82, 2.24) is 19.9 Å². The highest BCUT2D eigenvalue weighted by Gasteiger charge is 2.46. The molecule has 0 bridgehead atoms. The van der Waals surface area contributed by atoms with E-state index in [1.54, 1.807) is 9.80 Å². The number of aromatic nitrogens is 4. The fourth-order valence-electron chi connectivity index (χ4n) is 5.22. The van der Waals surface area contributed by atoms with Crippen molar-refractivity contribution in [2.75, 3.05) is 52.7 Å². The van der Waals surface area contributed by atoms with Gasteiger partial charge < -0.3 is 50.4 Å². The van der Waals surface area contributed by atoms with Gasteiger partial charge in [-0.1, -0.05) is 12.2 Å². The number of fused-ring (bicyclic) bond motifs is 2. The van der Waals surface area contributed by atoms with Gasteiger partial charge in [0.25, 0.3) is 5.56 Å². The van der Waals surface area contributed by atoms with Crippen LogP contribution in [0.1, 0.15) is 12.8 Å². The monoisotopic (exact) mass is 667 g/mol. The molecular formula is C20H28FN9O10P2S. The Morgan fingerprint density at radius 2 is 1.67 bits per heavy atom. The van der Waals surface area contributed by atoms with E-state index in [1.807, 2.05) is 0 Å². The molecule has 4 aliphatic heterocycles. The molecule has 2 saturated heterocycles. The lowest BCUT2D eigenvalue weighted by Crippen LogP contribution is -2.36. The van der Waals surface area contributed by atoms with Gasteiger partial charge in [0.2, 0.25) is 0 Å². The highest BCUT2D eigenvalue weighted by Crippen LogP contribution is 2.56. The first-order chi connectivity index (χ1) is 20.4. The predicted molar refractivity (Wildman–Crippen MR) is 150 cm³/mol. The van der Waals surface area contributed by atoms with Gasteiger partial charge in [-0.15, -0.1) is 0 Å². The predicted octanol–water partition coefficient (Wildman–Crippen LogP) is 0.338. The molecule has 6 rings (SSSR count). The number of H-pyrrole nitrogens is 1. The van der Waals surface area contributed by atoms with Crippen LogP contribution in [0.4, 0.5) is 33.2 Å². The Kier molecular flexibility index (Phi) is 8.31. The summed E-state index contributed by atoms with van der Waals surface area (Å²) in [5.74, 6) is 0.955. The van der Waals surface area contributed by atoms with Crippen LogP contribution in [-0.4, -0.2) is 93.2 Å². The van der Waals surface area contributed by atoms with Crippen LogP contribution in [0.15, 0.2) is 17.4 Å². The number of nitrogens with one attached hydrogen (secondary N) is 3. The lowest BCUT2D eigenvalue weighted by Gasteiger charge is -2.25. The molecule has 7 atom stereocenters. The van der Waals surface area contributed by atoms with E-state index in [-0.39, 0.29) is 43.2 Å². The Morgan fingerprint density at radius 1 is 1.02 bits per heavy atom. The number of phosphoric ester groups is 1. The van der Waals surface area contributed by atoms with Crippen molar-refractivity contribution in [3.05, 3.63) is 23.0 Å². The van der Waals surface area contributed by atoms with Gasteiger partial charge in [0.15, 0.2) is 17.5 Å². The number of hydrogen-bond donors (Lipinski definition) is 7. The van der Waals surface area contributed by atoms with Crippen LogP contribution < -0.4 is 31.7 Å². The number of hydrogen-bond acceptors (Lipinski definition) is 16. The summed E-state index contributed by atoms with van der Waals surface area (Å²) in [7, 11) is -4.88. The second-order valence-electron chi connectivity index (χ2n) is 9.94. The SMILES string of the molecule is Nc1ncnc2c1NCN2C1C[C@H](OP(=O)(S)OC[C@H]2OC(N3CNc4c3nc[nH]c4=O)CC2F)[C@@H](COP(=O)(O)O)O1. The number of nitrogens with zero attached hydrogens (tertiary/aromatic N) is 5.